The van der Waals surface area contributed by atoms with Crippen LogP contribution < -0.4 is 0 Å². The highest BCUT2D eigenvalue weighted by Crippen LogP contribution is 2.36. The molecular weight excluding hydrogens is 238 g/mol. The van der Waals surface area contributed by atoms with E-state index in [4.69, 9.17) is 0 Å². The van der Waals surface area contributed by atoms with E-state index in [1.165, 1.54) is 32.4 Å². The van der Waals surface area contributed by atoms with Crippen molar-refractivity contribution in [2.24, 2.45) is 5.92 Å². The number of nitrogens with zero attached hydrogens (tertiary/aromatic N) is 3. The Balaban J connectivity index is 1.62. The zero-order chi connectivity index (χ0) is 13.4. The van der Waals surface area contributed by atoms with Crippen molar-refractivity contribution in [1.82, 2.24) is 14.7 Å². The minimum Gasteiger partial charge on any atom is -0.337 e. The Morgan fingerprint density at radius 1 is 1.16 bits per heavy atom. The van der Waals surface area contributed by atoms with Crippen molar-refractivity contribution in [1.29, 1.82) is 0 Å². The molecule has 0 aromatic heterocycles. The maximum Gasteiger partial charge on any atom is 0.222 e. The van der Waals surface area contributed by atoms with Gasteiger partial charge >= 0.3 is 0 Å². The lowest BCUT2D eigenvalue weighted by Crippen LogP contribution is -2.53. The molecule has 0 radical (unpaired) electrons. The molecule has 0 unspecified atom stereocenters. The van der Waals surface area contributed by atoms with Gasteiger partial charge in [0.05, 0.1) is 0 Å². The Morgan fingerprint density at radius 2 is 1.95 bits per heavy atom. The molecule has 2 saturated heterocycles. The average Bonchev–Trinajstić information content (AvgIpc) is 3.08. The summed E-state index contributed by atoms with van der Waals surface area (Å²) in [5.41, 5.74) is 0. The molecule has 0 aromatic rings. The van der Waals surface area contributed by atoms with Crippen LogP contribution in [-0.4, -0.2) is 73.0 Å². The standard InChI is InChI=1S/C15H27N3O/c1-16(2)9-10-18-14-7-8-17(11-12-3-4-12)13(14)5-6-15(18)19/h12-14H,3-11H2,1-2H3/t13-,14-/m1/s1. The Labute approximate surface area is 116 Å². The first-order chi connectivity index (χ1) is 9.15. The summed E-state index contributed by atoms with van der Waals surface area (Å²) >= 11 is 0. The molecule has 0 spiro atoms. The van der Waals surface area contributed by atoms with E-state index in [1.807, 2.05) is 0 Å². The van der Waals surface area contributed by atoms with Gasteiger partial charge in [0, 0.05) is 44.7 Å². The molecule has 3 rings (SSSR count). The predicted molar refractivity (Wildman–Crippen MR) is 76.0 cm³/mol. The first kappa shape index (κ1) is 13.4. The zero-order valence-electron chi connectivity index (χ0n) is 12.3. The summed E-state index contributed by atoms with van der Waals surface area (Å²) in [5.74, 6) is 1.35. The number of likely N-dealkylation sites (N-methyl/N-ethyl adjacent to an activating group) is 1. The Bertz CT molecular complexity index is 340. The summed E-state index contributed by atoms with van der Waals surface area (Å²) < 4.78 is 0. The number of rotatable bonds is 5. The largest absolute Gasteiger partial charge is 0.337 e. The molecule has 1 amide bonds. The van der Waals surface area contributed by atoms with Crippen LogP contribution in [0.1, 0.15) is 32.1 Å². The van der Waals surface area contributed by atoms with E-state index in [1.54, 1.807) is 0 Å². The lowest BCUT2D eigenvalue weighted by Gasteiger charge is -2.40. The lowest BCUT2D eigenvalue weighted by atomic mass is 9.96. The summed E-state index contributed by atoms with van der Waals surface area (Å²) in [7, 11) is 4.17. The van der Waals surface area contributed by atoms with Gasteiger partial charge in [-0.15, -0.1) is 0 Å². The second kappa shape index (κ2) is 5.41. The number of hydrogen-bond donors (Lipinski definition) is 0. The fourth-order valence-corrected chi connectivity index (χ4v) is 3.70. The monoisotopic (exact) mass is 265 g/mol. The van der Waals surface area contributed by atoms with Gasteiger partial charge in [0.2, 0.25) is 5.91 Å². The van der Waals surface area contributed by atoms with Crippen molar-refractivity contribution in [2.45, 2.75) is 44.2 Å². The van der Waals surface area contributed by atoms with Crippen LogP contribution in [0.25, 0.3) is 0 Å². The third kappa shape index (κ3) is 2.95. The number of carbonyl (C=O) groups is 1. The van der Waals surface area contributed by atoms with E-state index in [9.17, 15) is 4.79 Å². The van der Waals surface area contributed by atoms with E-state index in [-0.39, 0.29) is 0 Å². The zero-order valence-corrected chi connectivity index (χ0v) is 12.3. The fraction of sp³-hybridized carbons (Fsp3) is 0.933. The molecule has 1 aliphatic carbocycles. The molecule has 3 aliphatic rings. The summed E-state index contributed by atoms with van der Waals surface area (Å²) in [4.78, 5) is 19.2. The van der Waals surface area contributed by atoms with E-state index in [0.717, 1.165) is 31.8 Å². The maximum atomic E-state index is 12.2. The molecule has 2 atom stereocenters. The number of fused-ring (bicyclic) bond motifs is 1. The molecule has 0 bridgehead atoms. The number of amides is 1. The molecule has 1 saturated carbocycles. The molecule has 19 heavy (non-hydrogen) atoms. The Kier molecular flexibility index (Phi) is 3.81. The van der Waals surface area contributed by atoms with Crippen LogP contribution >= 0.6 is 0 Å². The van der Waals surface area contributed by atoms with Crippen molar-refractivity contribution >= 4 is 5.91 Å². The van der Waals surface area contributed by atoms with Crippen LogP contribution in [0.2, 0.25) is 0 Å². The van der Waals surface area contributed by atoms with Crippen molar-refractivity contribution in [3.8, 4) is 0 Å². The molecule has 4 nitrogen and oxygen atoms in total. The van der Waals surface area contributed by atoms with Crippen LogP contribution in [0.3, 0.4) is 0 Å². The molecule has 0 N–H and O–H groups in total. The minimum absolute atomic E-state index is 0.386. The molecular formula is C15H27N3O. The average molecular weight is 265 g/mol. The number of carbonyl (C=O) groups excluding carboxylic acids is 1. The first-order valence-corrected chi connectivity index (χ1v) is 7.83. The van der Waals surface area contributed by atoms with Gasteiger partial charge in [-0.05, 0) is 45.7 Å². The van der Waals surface area contributed by atoms with Gasteiger partial charge < -0.3 is 9.80 Å². The van der Waals surface area contributed by atoms with Crippen LogP contribution in [0, 0.1) is 5.92 Å². The van der Waals surface area contributed by atoms with Crippen LogP contribution in [0.4, 0.5) is 0 Å². The SMILES string of the molecule is CN(C)CCN1C(=O)CC[C@@H]2[C@H]1CCN2CC1CC1. The highest BCUT2D eigenvalue weighted by Gasteiger charge is 2.43. The summed E-state index contributed by atoms with van der Waals surface area (Å²) in [6, 6.07) is 1.15. The van der Waals surface area contributed by atoms with Gasteiger partial charge in [-0.3, -0.25) is 9.69 Å². The maximum absolute atomic E-state index is 12.2. The second-order valence-corrected chi connectivity index (χ2v) is 6.79. The smallest absolute Gasteiger partial charge is 0.222 e. The van der Waals surface area contributed by atoms with Gasteiger partial charge in [-0.25, -0.2) is 0 Å². The topological polar surface area (TPSA) is 26.8 Å². The van der Waals surface area contributed by atoms with Crippen molar-refractivity contribution in [3.05, 3.63) is 0 Å². The van der Waals surface area contributed by atoms with Crippen molar-refractivity contribution in [3.63, 3.8) is 0 Å². The summed E-state index contributed by atoms with van der Waals surface area (Å²) in [6.07, 6.45) is 5.90. The second-order valence-electron chi connectivity index (χ2n) is 6.79. The number of likely N-dealkylation sites (tertiary alicyclic amines) is 2. The lowest BCUT2D eigenvalue weighted by molar-refractivity contribution is -0.137. The van der Waals surface area contributed by atoms with Crippen molar-refractivity contribution in [2.75, 3.05) is 40.3 Å². The van der Waals surface area contributed by atoms with Gasteiger partial charge in [0.25, 0.3) is 0 Å². The molecule has 4 heteroatoms. The van der Waals surface area contributed by atoms with E-state index >= 15 is 0 Å². The summed E-state index contributed by atoms with van der Waals surface area (Å²) in [6.45, 7) is 4.39. The molecule has 108 valence electrons. The first-order valence-electron chi connectivity index (χ1n) is 7.83. The molecule has 2 aliphatic heterocycles. The molecule has 3 fully saturated rings. The highest BCUT2D eigenvalue weighted by atomic mass is 16.2. The van der Waals surface area contributed by atoms with Crippen LogP contribution in [0.15, 0.2) is 0 Å². The third-order valence-corrected chi connectivity index (χ3v) is 4.98. The number of hydrogen-bond acceptors (Lipinski definition) is 3. The predicted octanol–water partition coefficient (Wildman–Crippen LogP) is 1.02. The molecule has 0 aromatic carbocycles. The van der Waals surface area contributed by atoms with Crippen LogP contribution in [0.5, 0.6) is 0 Å². The van der Waals surface area contributed by atoms with Gasteiger partial charge in [-0.2, -0.15) is 0 Å². The number of piperidine rings is 1. The highest BCUT2D eigenvalue weighted by molar-refractivity contribution is 5.77. The minimum atomic E-state index is 0.386. The van der Waals surface area contributed by atoms with E-state index < -0.39 is 0 Å². The van der Waals surface area contributed by atoms with E-state index in [0.29, 0.717) is 18.0 Å². The van der Waals surface area contributed by atoms with E-state index in [2.05, 4.69) is 28.8 Å². The fourth-order valence-electron chi connectivity index (χ4n) is 3.70. The Morgan fingerprint density at radius 3 is 2.63 bits per heavy atom. The third-order valence-electron chi connectivity index (χ3n) is 4.98. The van der Waals surface area contributed by atoms with Gasteiger partial charge in [0.15, 0.2) is 0 Å². The normalized spacial score (nSPS) is 32.2. The van der Waals surface area contributed by atoms with Gasteiger partial charge in [-0.1, -0.05) is 0 Å². The Hall–Kier alpha value is -0.610. The van der Waals surface area contributed by atoms with Crippen molar-refractivity contribution < 1.29 is 4.79 Å². The quantitative estimate of drug-likeness (QED) is 0.743. The summed E-state index contributed by atoms with van der Waals surface area (Å²) in [5, 5.41) is 0. The van der Waals surface area contributed by atoms with Gasteiger partial charge in [0.1, 0.15) is 0 Å². The molecule has 2 heterocycles. The van der Waals surface area contributed by atoms with Crippen LogP contribution in [-0.2, 0) is 4.79 Å².